The third kappa shape index (κ3) is 4.43. The summed E-state index contributed by atoms with van der Waals surface area (Å²) in [6, 6.07) is 8.89. The number of aliphatic hydroxyl groups is 3. The molecule has 0 aliphatic heterocycles. The van der Waals surface area contributed by atoms with Gasteiger partial charge in [-0.2, -0.15) is 0 Å². The number of phenolic OH excluding ortho intramolecular Hbond substituents is 1. The zero-order valence-electron chi connectivity index (χ0n) is 24.8. The van der Waals surface area contributed by atoms with E-state index in [2.05, 4.69) is 0 Å². The average molecular weight is 589 g/mol. The van der Waals surface area contributed by atoms with E-state index in [4.69, 9.17) is 5.73 Å². The summed E-state index contributed by atoms with van der Waals surface area (Å²) in [5, 5.41) is 46.3. The second kappa shape index (κ2) is 10.4. The van der Waals surface area contributed by atoms with Gasteiger partial charge in [0.05, 0.1) is 5.56 Å². The van der Waals surface area contributed by atoms with Crippen molar-refractivity contribution in [2.45, 2.75) is 45.6 Å². The lowest BCUT2D eigenvalue weighted by molar-refractivity contribution is -0.155. The van der Waals surface area contributed by atoms with Crippen LogP contribution in [0, 0.1) is 23.7 Å². The van der Waals surface area contributed by atoms with Gasteiger partial charge in [-0.05, 0) is 54.4 Å². The number of Topliss-reactive ketones (excluding diaryl/α,β-unsaturated/α-hetero) is 3. The van der Waals surface area contributed by atoms with Gasteiger partial charge < -0.3 is 31.1 Å². The quantitative estimate of drug-likeness (QED) is 0.317. The molecule has 0 radical (unpaired) electrons. The summed E-state index contributed by atoms with van der Waals surface area (Å²) in [5.41, 5.74) is 4.72. The van der Waals surface area contributed by atoms with Crippen LogP contribution in [0.5, 0.6) is 5.75 Å². The number of nitrogens with zero attached hydrogens (tertiary/aromatic N) is 1. The predicted octanol–water partition coefficient (Wildman–Crippen LogP) is 3.17. The van der Waals surface area contributed by atoms with Crippen LogP contribution in [0.1, 0.15) is 43.9 Å². The molecular weight excluding hydrogens is 552 g/mol. The fourth-order valence-electron chi connectivity index (χ4n) is 7.29. The number of carbonyl (C=O) groups excluding carboxylic acids is 4. The number of ketones is 3. The third-order valence-electron chi connectivity index (χ3n) is 9.12. The summed E-state index contributed by atoms with van der Waals surface area (Å²) in [6.45, 7) is 4.93. The van der Waals surface area contributed by atoms with Crippen molar-refractivity contribution in [1.29, 1.82) is 0 Å². The first-order valence-corrected chi connectivity index (χ1v) is 14.2. The number of primary amides is 1. The molecule has 1 fully saturated rings. The number of anilines is 1. The van der Waals surface area contributed by atoms with Gasteiger partial charge in [0.2, 0.25) is 5.78 Å². The van der Waals surface area contributed by atoms with Crippen LogP contribution < -0.4 is 10.6 Å². The van der Waals surface area contributed by atoms with Crippen LogP contribution in [0.25, 0.3) is 16.9 Å². The smallest absolute Gasteiger partial charge is 0.255 e. The molecule has 6 N–H and O–H groups in total. The van der Waals surface area contributed by atoms with E-state index in [1.807, 2.05) is 19.0 Å². The molecule has 0 heterocycles. The zero-order chi connectivity index (χ0) is 31.7. The molecule has 3 aliphatic carbocycles. The molecule has 2 aromatic rings. The van der Waals surface area contributed by atoms with Gasteiger partial charge in [0.1, 0.15) is 28.6 Å². The highest BCUT2D eigenvalue weighted by molar-refractivity contribution is 6.23. The summed E-state index contributed by atoms with van der Waals surface area (Å²) in [7, 11) is 3.62. The van der Waals surface area contributed by atoms with Crippen molar-refractivity contribution >= 4 is 34.7 Å². The van der Waals surface area contributed by atoms with Crippen LogP contribution in [-0.2, 0) is 32.0 Å². The molecule has 2 aromatic carbocycles. The summed E-state index contributed by atoms with van der Waals surface area (Å²) >= 11 is 0. The first-order chi connectivity index (χ1) is 20.1. The monoisotopic (exact) mass is 588 g/mol. The normalized spacial score (nSPS) is 25.0. The predicted molar refractivity (Wildman–Crippen MR) is 159 cm³/mol. The van der Waals surface area contributed by atoms with Crippen molar-refractivity contribution in [2.24, 2.45) is 29.4 Å². The Morgan fingerprint density at radius 1 is 1.12 bits per heavy atom. The van der Waals surface area contributed by atoms with Crippen LogP contribution >= 0.6 is 0 Å². The summed E-state index contributed by atoms with van der Waals surface area (Å²) < 4.78 is 0. The van der Waals surface area contributed by atoms with E-state index in [0.717, 1.165) is 5.56 Å². The third-order valence-corrected chi connectivity index (χ3v) is 9.12. The van der Waals surface area contributed by atoms with E-state index >= 15 is 0 Å². The first kappa shape index (κ1) is 30.0. The molecule has 1 amide bonds. The molecule has 43 heavy (non-hydrogen) atoms. The number of rotatable bonds is 6. The standard InChI is InChI=1S/C33H36N2O8/c1-14(2)23-21-12-18-11-20-22(35(4)5)13-19(17-8-6-7-16(10-17)9-15(3)36)27(37)25(20)29(39)24(18)30(40)33(21,43)31(41)26(28(23)38)32(34)42/h6-8,10,13-14,18,21,23,37,39,41,43H,9,11-12H2,1-5H3,(H2,34,42)/t18-,21-,23-,33-/m0/s1. The minimum absolute atomic E-state index is 0.0192. The number of amides is 1. The highest BCUT2D eigenvalue weighted by Gasteiger charge is 2.64. The Morgan fingerprint density at radius 3 is 2.37 bits per heavy atom. The molecule has 3 aliphatic rings. The fourth-order valence-corrected chi connectivity index (χ4v) is 7.29. The lowest BCUT2D eigenvalue weighted by atomic mass is 9.54. The van der Waals surface area contributed by atoms with Crippen molar-refractivity contribution < 1.29 is 39.6 Å². The zero-order valence-corrected chi connectivity index (χ0v) is 24.8. The Balaban J connectivity index is 1.75. The van der Waals surface area contributed by atoms with Gasteiger partial charge in [0.25, 0.3) is 5.91 Å². The molecule has 0 unspecified atom stereocenters. The van der Waals surface area contributed by atoms with Crippen LogP contribution in [-0.4, -0.2) is 63.4 Å². The van der Waals surface area contributed by atoms with Gasteiger partial charge in [-0.1, -0.05) is 38.1 Å². The maximum Gasteiger partial charge on any atom is 0.255 e. The Bertz CT molecular complexity index is 1670. The fraction of sp³-hybridized carbons (Fsp3) is 0.394. The molecule has 4 atom stereocenters. The summed E-state index contributed by atoms with van der Waals surface area (Å²) in [6.07, 6.45) is 0.453. The number of aromatic hydroxyl groups is 1. The first-order valence-electron chi connectivity index (χ1n) is 14.2. The lowest BCUT2D eigenvalue weighted by Crippen LogP contribution is -2.62. The number of hydrogen-bond acceptors (Lipinski definition) is 9. The van der Waals surface area contributed by atoms with Gasteiger partial charge in [-0.3, -0.25) is 19.2 Å². The highest BCUT2D eigenvalue weighted by Crippen LogP contribution is 2.56. The molecule has 0 spiro atoms. The lowest BCUT2D eigenvalue weighted by Gasteiger charge is -2.50. The van der Waals surface area contributed by atoms with Crippen LogP contribution in [0.4, 0.5) is 5.69 Å². The molecule has 10 nitrogen and oxygen atoms in total. The number of benzene rings is 2. The van der Waals surface area contributed by atoms with Gasteiger partial charge in [-0.25, -0.2) is 0 Å². The molecule has 10 heteroatoms. The van der Waals surface area contributed by atoms with E-state index in [1.54, 1.807) is 44.2 Å². The highest BCUT2D eigenvalue weighted by atomic mass is 16.3. The molecular formula is C33H36N2O8. The van der Waals surface area contributed by atoms with E-state index in [-0.39, 0.29) is 41.9 Å². The van der Waals surface area contributed by atoms with Gasteiger partial charge in [0.15, 0.2) is 11.4 Å². The van der Waals surface area contributed by atoms with Crippen molar-refractivity contribution in [3.8, 4) is 16.9 Å². The SMILES string of the molecule is CC(=O)Cc1cccc(-c2cc(N(C)C)c3c(c2O)C(O)=C2C(=O)[C@]4(O)C(O)=C(C(N)=O)C(=O)[C@@H](C(C)C)[C@@H]4C[C@@H]2C3)c1. The van der Waals surface area contributed by atoms with Crippen molar-refractivity contribution in [3.05, 3.63) is 63.9 Å². The van der Waals surface area contributed by atoms with Crippen molar-refractivity contribution in [2.75, 3.05) is 19.0 Å². The maximum absolute atomic E-state index is 14.2. The Kier molecular flexibility index (Phi) is 7.25. The van der Waals surface area contributed by atoms with Crippen molar-refractivity contribution in [3.63, 3.8) is 0 Å². The second-order valence-corrected chi connectivity index (χ2v) is 12.4. The molecule has 0 aromatic heterocycles. The van der Waals surface area contributed by atoms with E-state index < -0.39 is 63.8 Å². The minimum atomic E-state index is -2.66. The average Bonchev–Trinajstić information content (AvgIpc) is 2.90. The maximum atomic E-state index is 14.2. The van der Waals surface area contributed by atoms with Crippen LogP contribution in [0.2, 0.25) is 0 Å². The molecule has 1 saturated carbocycles. The Morgan fingerprint density at radius 2 is 1.79 bits per heavy atom. The number of fused-ring (bicyclic) bond motifs is 3. The molecule has 5 rings (SSSR count). The van der Waals surface area contributed by atoms with E-state index in [0.29, 0.717) is 22.4 Å². The minimum Gasteiger partial charge on any atom is -0.508 e. The largest absolute Gasteiger partial charge is 0.508 e. The van der Waals surface area contributed by atoms with Crippen LogP contribution in [0.15, 0.2) is 47.2 Å². The molecule has 226 valence electrons. The number of phenols is 1. The van der Waals surface area contributed by atoms with Crippen molar-refractivity contribution in [1.82, 2.24) is 0 Å². The molecule has 0 saturated heterocycles. The van der Waals surface area contributed by atoms with Gasteiger partial charge >= 0.3 is 0 Å². The second-order valence-electron chi connectivity index (χ2n) is 12.4. The van der Waals surface area contributed by atoms with Gasteiger partial charge in [-0.15, -0.1) is 0 Å². The number of aliphatic hydroxyl groups excluding tert-OH is 2. The summed E-state index contributed by atoms with van der Waals surface area (Å²) in [4.78, 5) is 53.3. The van der Waals surface area contributed by atoms with E-state index in [1.165, 1.54) is 6.92 Å². The Labute approximate surface area is 249 Å². The number of hydrogen-bond donors (Lipinski definition) is 5. The topological polar surface area (TPSA) is 178 Å². The number of nitrogens with two attached hydrogens (primary N) is 1. The van der Waals surface area contributed by atoms with Gasteiger partial charge in [0, 0.05) is 49.2 Å². The van der Waals surface area contributed by atoms with Crippen LogP contribution in [0.3, 0.4) is 0 Å². The number of carbonyl (C=O) groups is 4. The molecule has 0 bridgehead atoms. The summed E-state index contributed by atoms with van der Waals surface area (Å²) in [5.74, 6) is -8.09. The Hall–Kier alpha value is -4.44. The van der Waals surface area contributed by atoms with E-state index in [9.17, 15) is 39.6 Å².